The summed E-state index contributed by atoms with van der Waals surface area (Å²) in [5, 5.41) is 6.79. The molecule has 0 spiro atoms. The lowest BCUT2D eigenvalue weighted by molar-refractivity contribution is 0.188. The van der Waals surface area contributed by atoms with Gasteiger partial charge in [0.15, 0.2) is 5.96 Å². The maximum atomic E-state index is 4.77. The predicted octanol–water partition coefficient (Wildman–Crippen LogP) is 3.08. The number of nitrogens with one attached hydrogen (secondary N) is 2. The average Bonchev–Trinajstić information content (AvgIpc) is 2.36. The molecule has 0 atom stereocenters. The number of hydrogen-bond acceptors (Lipinski definition) is 2. The number of aliphatic imine (C=N–C) groups is 1. The van der Waals surface area contributed by atoms with Crippen LogP contribution in [0.5, 0.6) is 0 Å². The highest BCUT2D eigenvalue weighted by Gasteiger charge is 2.19. The lowest BCUT2D eigenvalue weighted by Crippen LogP contribution is -2.47. The van der Waals surface area contributed by atoms with Crippen molar-refractivity contribution in [1.29, 1.82) is 0 Å². The fourth-order valence-electron chi connectivity index (χ4n) is 2.59. The first-order valence-electron chi connectivity index (χ1n) is 8.23. The first-order valence-corrected chi connectivity index (χ1v) is 8.23. The number of piperidine rings is 1. The zero-order valence-corrected chi connectivity index (χ0v) is 16.9. The van der Waals surface area contributed by atoms with Crippen LogP contribution in [0.4, 0.5) is 0 Å². The van der Waals surface area contributed by atoms with Crippen molar-refractivity contribution in [1.82, 2.24) is 15.5 Å². The first-order chi connectivity index (χ1) is 9.44. The van der Waals surface area contributed by atoms with Gasteiger partial charge in [0.2, 0.25) is 0 Å². The van der Waals surface area contributed by atoms with Gasteiger partial charge in [-0.05, 0) is 72.5 Å². The van der Waals surface area contributed by atoms with E-state index in [1.807, 2.05) is 0 Å². The number of guanidine groups is 1. The molecule has 2 N–H and O–H groups in total. The Bertz CT molecular complexity index is 291. The number of halogens is 1. The topological polar surface area (TPSA) is 39.7 Å². The molecule has 0 aromatic carbocycles. The zero-order valence-electron chi connectivity index (χ0n) is 14.5. The Morgan fingerprint density at radius 2 is 1.81 bits per heavy atom. The van der Waals surface area contributed by atoms with Crippen LogP contribution >= 0.6 is 24.0 Å². The molecule has 1 fully saturated rings. The van der Waals surface area contributed by atoms with Gasteiger partial charge in [-0.15, -0.1) is 24.0 Å². The Morgan fingerprint density at radius 1 is 1.19 bits per heavy atom. The van der Waals surface area contributed by atoms with E-state index < -0.39 is 0 Å². The Morgan fingerprint density at radius 3 is 2.29 bits per heavy atom. The normalized spacial score (nSPS) is 18.2. The highest BCUT2D eigenvalue weighted by molar-refractivity contribution is 14.0. The van der Waals surface area contributed by atoms with Crippen LogP contribution in [0.2, 0.25) is 0 Å². The molecule has 0 unspecified atom stereocenters. The molecule has 0 amide bonds. The highest BCUT2D eigenvalue weighted by Crippen LogP contribution is 2.17. The summed E-state index contributed by atoms with van der Waals surface area (Å²) in [5.74, 6) is 1.70. The Labute approximate surface area is 148 Å². The maximum Gasteiger partial charge on any atom is 0.191 e. The molecule has 126 valence electrons. The van der Waals surface area contributed by atoms with Gasteiger partial charge in [-0.3, -0.25) is 4.99 Å². The summed E-state index contributed by atoms with van der Waals surface area (Å²) in [7, 11) is 0. The van der Waals surface area contributed by atoms with Crippen LogP contribution in [-0.2, 0) is 0 Å². The van der Waals surface area contributed by atoms with E-state index in [-0.39, 0.29) is 29.5 Å². The lowest BCUT2D eigenvalue weighted by atomic mass is 9.97. The Kier molecular flexibility index (Phi) is 10.6. The Balaban J connectivity index is 0.00000400. The largest absolute Gasteiger partial charge is 0.357 e. The van der Waals surface area contributed by atoms with E-state index in [1.54, 1.807) is 0 Å². The first kappa shape index (κ1) is 21.0. The molecule has 1 heterocycles. The fourth-order valence-corrected chi connectivity index (χ4v) is 2.59. The van der Waals surface area contributed by atoms with Crippen molar-refractivity contribution >= 4 is 29.9 Å². The third kappa shape index (κ3) is 9.55. The van der Waals surface area contributed by atoms with E-state index in [2.05, 4.69) is 50.2 Å². The van der Waals surface area contributed by atoms with E-state index in [9.17, 15) is 0 Å². The van der Waals surface area contributed by atoms with Crippen LogP contribution in [0.1, 0.15) is 53.9 Å². The molecule has 21 heavy (non-hydrogen) atoms. The molecule has 4 nitrogen and oxygen atoms in total. The summed E-state index contributed by atoms with van der Waals surface area (Å²) >= 11 is 0. The standard InChI is InChI=1S/C16H34N4.HI/c1-6-10-20-11-8-14(9-12-20)13-18-15(17-7-2)19-16(3,4)5;/h14H,6-13H2,1-5H3,(H2,17,18,19);1H. The molecule has 1 rings (SSSR count). The van der Waals surface area contributed by atoms with Crippen LogP contribution in [0, 0.1) is 5.92 Å². The molecule has 5 heteroatoms. The minimum atomic E-state index is 0. The summed E-state index contributed by atoms with van der Waals surface area (Å²) in [5.41, 5.74) is 0.0610. The number of hydrogen-bond donors (Lipinski definition) is 2. The van der Waals surface area contributed by atoms with E-state index >= 15 is 0 Å². The van der Waals surface area contributed by atoms with Gasteiger partial charge in [0.05, 0.1) is 0 Å². The predicted molar refractivity (Wildman–Crippen MR) is 104 cm³/mol. The molecule has 0 aromatic rings. The van der Waals surface area contributed by atoms with Crippen molar-refractivity contribution in [2.24, 2.45) is 10.9 Å². The molecule has 1 aliphatic rings. The van der Waals surface area contributed by atoms with Crippen LogP contribution in [0.3, 0.4) is 0 Å². The molecular weight excluding hydrogens is 375 g/mol. The summed E-state index contributed by atoms with van der Waals surface area (Å²) in [6, 6.07) is 0. The van der Waals surface area contributed by atoms with Gasteiger partial charge in [-0.2, -0.15) is 0 Å². The van der Waals surface area contributed by atoms with Crippen molar-refractivity contribution < 1.29 is 0 Å². The van der Waals surface area contributed by atoms with Crippen LogP contribution in [-0.4, -0.2) is 49.1 Å². The molecule has 0 aliphatic carbocycles. The summed E-state index contributed by atoms with van der Waals surface area (Å²) in [6.07, 6.45) is 3.85. The summed E-state index contributed by atoms with van der Waals surface area (Å²) in [6.45, 7) is 16.5. The van der Waals surface area contributed by atoms with Gasteiger partial charge in [0, 0.05) is 18.6 Å². The smallest absolute Gasteiger partial charge is 0.191 e. The van der Waals surface area contributed by atoms with Gasteiger partial charge in [-0.25, -0.2) is 0 Å². The average molecular weight is 410 g/mol. The van der Waals surface area contributed by atoms with Crippen LogP contribution < -0.4 is 10.6 Å². The van der Waals surface area contributed by atoms with E-state index in [1.165, 1.54) is 38.9 Å². The van der Waals surface area contributed by atoms with E-state index in [0.29, 0.717) is 0 Å². The maximum absolute atomic E-state index is 4.77. The van der Waals surface area contributed by atoms with Crippen molar-refractivity contribution in [3.05, 3.63) is 0 Å². The molecule has 1 saturated heterocycles. The minimum absolute atomic E-state index is 0. The molecule has 1 aliphatic heterocycles. The number of nitrogens with zero attached hydrogens (tertiary/aromatic N) is 2. The lowest BCUT2D eigenvalue weighted by Gasteiger charge is -2.31. The Hall–Kier alpha value is -0.0400. The minimum Gasteiger partial charge on any atom is -0.357 e. The zero-order chi connectivity index (χ0) is 15.0. The van der Waals surface area contributed by atoms with Crippen LogP contribution in [0.15, 0.2) is 4.99 Å². The SMILES string of the molecule is CCCN1CCC(CN=C(NCC)NC(C)(C)C)CC1.I. The molecule has 0 saturated carbocycles. The van der Waals surface area contributed by atoms with Crippen molar-refractivity contribution in [3.8, 4) is 0 Å². The second-order valence-electron chi connectivity index (χ2n) is 6.88. The third-order valence-corrected chi connectivity index (χ3v) is 3.59. The second kappa shape index (κ2) is 10.6. The monoisotopic (exact) mass is 410 g/mol. The quantitative estimate of drug-likeness (QED) is 0.416. The van der Waals surface area contributed by atoms with Gasteiger partial charge >= 0.3 is 0 Å². The molecule has 0 aromatic heterocycles. The van der Waals surface area contributed by atoms with Crippen molar-refractivity contribution in [3.63, 3.8) is 0 Å². The number of rotatable bonds is 5. The molecule has 0 radical (unpaired) electrons. The van der Waals surface area contributed by atoms with Crippen LogP contribution in [0.25, 0.3) is 0 Å². The van der Waals surface area contributed by atoms with Gasteiger partial charge < -0.3 is 15.5 Å². The summed E-state index contributed by atoms with van der Waals surface area (Å²) in [4.78, 5) is 7.35. The third-order valence-electron chi connectivity index (χ3n) is 3.59. The van der Waals surface area contributed by atoms with Gasteiger partial charge in [-0.1, -0.05) is 6.92 Å². The van der Waals surface area contributed by atoms with Crippen molar-refractivity contribution in [2.45, 2.75) is 59.4 Å². The highest BCUT2D eigenvalue weighted by atomic mass is 127. The van der Waals surface area contributed by atoms with Gasteiger partial charge in [0.1, 0.15) is 0 Å². The molecular formula is C16H35IN4. The van der Waals surface area contributed by atoms with E-state index in [0.717, 1.165) is 25.0 Å². The molecule has 0 bridgehead atoms. The second-order valence-corrected chi connectivity index (χ2v) is 6.88. The fraction of sp³-hybridized carbons (Fsp3) is 0.938. The number of likely N-dealkylation sites (tertiary alicyclic amines) is 1. The van der Waals surface area contributed by atoms with Gasteiger partial charge in [0.25, 0.3) is 0 Å². The van der Waals surface area contributed by atoms with Crippen molar-refractivity contribution in [2.75, 3.05) is 32.7 Å². The summed E-state index contributed by atoms with van der Waals surface area (Å²) < 4.78 is 0. The van der Waals surface area contributed by atoms with E-state index in [4.69, 9.17) is 4.99 Å².